The van der Waals surface area contributed by atoms with Crippen molar-refractivity contribution in [2.45, 2.75) is 13.1 Å². The van der Waals surface area contributed by atoms with Gasteiger partial charge in [-0.3, -0.25) is 4.79 Å². The Labute approximate surface area is 98.5 Å². The van der Waals surface area contributed by atoms with Crippen molar-refractivity contribution in [1.82, 2.24) is 0 Å². The molecule has 0 spiro atoms. The van der Waals surface area contributed by atoms with Crippen LogP contribution in [0.25, 0.3) is 0 Å². The van der Waals surface area contributed by atoms with Crippen molar-refractivity contribution in [3.05, 3.63) is 27.7 Å². The number of methoxy groups -OCH3 is 1. The Bertz CT molecular complexity index is 427. The highest BCUT2D eigenvalue weighted by Gasteiger charge is 2.36. The number of halogens is 4. The van der Waals surface area contributed by atoms with Crippen LogP contribution in [0.3, 0.4) is 0 Å². The molecule has 16 heavy (non-hydrogen) atoms. The molecule has 0 saturated carbocycles. The minimum atomic E-state index is -4.57. The molecule has 0 aliphatic carbocycles. The maximum absolute atomic E-state index is 12.6. The molecular formula is C10H8BrF3O2. The van der Waals surface area contributed by atoms with Gasteiger partial charge in [-0.15, -0.1) is 0 Å². The van der Waals surface area contributed by atoms with Crippen LogP contribution in [-0.2, 0) is 6.18 Å². The fourth-order valence-corrected chi connectivity index (χ4v) is 1.83. The third-order valence-corrected chi connectivity index (χ3v) is 2.60. The predicted molar refractivity (Wildman–Crippen MR) is 55.7 cm³/mol. The smallest absolute Gasteiger partial charge is 0.417 e. The van der Waals surface area contributed by atoms with Crippen LogP contribution in [0.15, 0.2) is 16.6 Å². The Balaban J connectivity index is 3.58. The van der Waals surface area contributed by atoms with Gasteiger partial charge in [0.25, 0.3) is 0 Å². The van der Waals surface area contributed by atoms with Crippen LogP contribution in [0.5, 0.6) is 5.75 Å². The van der Waals surface area contributed by atoms with Gasteiger partial charge in [-0.25, -0.2) is 0 Å². The molecule has 0 radical (unpaired) electrons. The van der Waals surface area contributed by atoms with Gasteiger partial charge in [-0.1, -0.05) is 0 Å². The van der Waals surface area contributed by atoms with Gasteiger partial charge in [0.05, 0.1) is 22.7 Å². The molecule has 1 rings (SSSR count). The topological polar surface area (TPSA) is 26.3 Å². The lowest BCUT2D eigenvalue weighted by molar-refractivity contribution is -0.138. The Morgan fingerprint density at radius 2 is 1.94 bits per heavy atom. The van der Waals surface area contributed by atoms with E-state index in [0.717, 1.165) is 13.0 Å². The van der Waals surface area contributed by atoms with Crippen molar-refractivity contribution in [2.75, 3.05) is 7.11 Å². The van der Waals surface area contributed by atoms with Crippen LogP contribution in [0.4, 0.5) is 13.2 Å². The van der Waals surface area contributed by atoms with Gasteiger partial charge >= 0.3 is 6.18 Å². The molecule has 1 aromatic rings. The number of hydrogen-bond acceptors (Lipinski definition) is 2. The number of rotatable bonds is 2. The molecule has 0 aliphatic rings. The molecule has 0 bridgehead atoms. The van der Waals surface area contributed by atoms with E-state index in [1.54, 1.807) is 0 Å². The van der Waals surface area contributed by atoms with Gasteiger partial charge in [0.1, 0.15) is 5.75 Å². The van der Waals surface area contributed by atoms with E-state index in [2.05, 4.69) is 15.9 Å². The normalized spacial score (nSPS) is 11.4. The quantitative estimate of drug-likeness (QED) is 0.778. The van der Waals surface area contributed by atoms with Crippen molar-refractivity contribution in [3.63, 3.8) is 0 Å². The maximum Gasteiger partial charge on any atom is 0.417 e. The Kier molecular flexibility index (Phi) is 3.62. The summed E-state index contributed by atoms with van der Waals surface area (Å²) in [5.74, 6) is -0.784. The largest absolute Gasteiger partial charge is 0.495 e. The molecule has 0 fully saturated rings. The third-order valence-electron chi connectivity index (χ3n) is 1.97. The van der Waals surface area contributed by atoms with Gasteiger partial charge in [-0.05, 0) is 35.0 Å². The zero-order chi connectivity index (χ0) is 12.5. The minimum absolute atomic E-state index is 0.0951. The lowest BCUT2D eigenvalue weighted by Gasteiger charge is -2.15. The molecule has 0 aromatic heterocycles. The monoisotopic (exact) mass is 296 g/mol. The predicted octanol–water partition coefficient (Wildman–Crippen LogP) is 3.68. The lowest BCUT2D eigenvalue weighted by atomic mass is 10.0. The molecular weight excluding hydrogens is 289 g/mol. The summed E-state index contributed by atoms with van der Waals surface area (Å²) in [7, 11) is 1.21. The van der Waals surface area contributed by atoms with Crippen molar-refractivity contribution in [2.24, 2.45) is 0 Å². The van der Waals surface area contributed by atoms with Crippen molar-refractivity contribution in [1.29, 1.82) is 0 Å². The molecule has 0 amide bonds. The fraction of sp³-hybridized carbons (Fsp3) is 0.300. The summed E-state index contributed by atoms with van der Waals surface area (Å²) in [4.78, 5) is 11.2. The maximum atomic E-state index is 12.6. The first kappa shape index (κ1) is 13.0. The number of Topliss-reactive ketones (excluding diaryl/α,β-unsaturated/α-hetero) is 1. The number of ketones is 1. The molecule has 0 N–H and O–H groups in total. The number of carbonyl (C=O) groups is 1. The van der Waals surface area contributed by atoms with E-state index in [4.69, 9.17) is 4.74 Å². The first-order chi connectivity index (χ1) is 7.29. The first-order valence-electron chi connectivity index (χ1n) is 4.23. The summed E-state index contributed by atoms with van der Waals surface area (Å²) in [6.45, 7) is 1.07. The number of ether oxygens (including phenoxy) is 1. The zero-order valence-electron chi connectivity index (χ0n) is 8.48. The van der Waals surface area contributed by atoms with Gasteiger partial charge in [0.15, 0.2) is 5.78 Å². The van der Waals surface area contributed by atoms with Crippen molar-refractivity contribution >= 4 is 21.7 Å². The second-order valence-corrected chi connectivity index (χ2v) is 3.91. The zero-order valence-corrected chi connectivity index (χ0v) is 10.1. The van der Waals surface area contributed by atoms with E-state index in [-0.39, 0.29) is 5.75 Å². The second-order valence-electron chi connectivity index (χ2n) is 3.06. The minimum Gasteiger partial charge on any atom is -0.495 e. The molecule has 0 aliphatic heterocycles. The number of hydrogen-bond donors (Lipinski definition) is 0. The average molecular weight is 297 g/mol. The first-order valence-corrected chi connectivity index (χ1v) is 5.03. The summed E-state index contributed by atoms with van der Waals surface area (Å²) >= 11 is 3.03. The molecule has 0 saturated heterocycles. The molecule has 6 heteroatoms. The van der Waals surface area contributed by atoms with Crippen molar-refractivity contribution < 1.29 is 22.7 Å². The van der Waals surface area contributed by atoms with Crippen LogP contribution >= 0.6 is 15.9 Å². The Morgan fingerprint density at radius 3 is 2.31 bits per heavy atom. The summed E-state index contributed by atoms with van der Waals surface area (Å²) in [6, 6.07) is 2.05. The number of benzene rings is 1. The fourth-order valence-electron chi connectivity index (χ4n) is 1.34. The van der Waals surface area contributed by atoms with Crippen molar-refractivity contribution in [3.8, 4) is 5.75 Å². The van der Waals surface area contributed by atoms with Crippen LogP contribution < -0.4 is 4.74 Å². The summed E-state index contributed by atoms with van der Waals surface area (Å²) in [5, 5.41) is 0. The second kappa shape index (κ2) is 4.45. The van der Waals surface area contributed by atoms with E-state index >= 15 is 0 Å². The van der Waals surface area contributed by atoms with E-state index in [1.807, 2.05) is 0 Å². The molecule has 1 aromatic carbocycles. The average Bonchev–Trinajstić information content (AvgIpc) is 2.14. The molecule has 0 unspecified atom stereocenters. The molecule has 88 valence electrons. The van der Waals surface area contributed by atoms with Gasteiger partial charge in [-0.2, -0.15) is 13.2 Å². The van der Waals surface area contributed by atoms with E-state index < -0.39 is 23.1 Å². The SMILES string of the molecule is COc1c(Br)ccc(C(F)(F)F)c1C(C)=O. The molecule has 2 nitrogen and oxygen atoms in total. The van der Waals surface area contributed by atoms with E-state index in [0.29, 0.717) is 4.47 Å². The third kappa shape index (κ3) is 2.37. The molecule has 0 atom stereocenters. The van der Waals surface area contributed by atoms with E-state index in [9.17, 15) is 18.0 Å². The molecule has 0 heterocycles. The van der Waals surface area contributed by atoms with Gasteiger partial charge in [0.2, 0.25) is 0 Å². The number of alkyl halides is 3. The van der Waals surface area contributed by atoms with Crippen LogP contribution in [-0.4, -0.2) is 12.9 Å². The Hall–Kier alpha value is -1.04. The Morgan fingerprint density at radius 1 is 1.38 bits per heavy atom. The van der Waals surface area contributed by atoms with Gasteiger partial charge in [0, 0.05) is 0 Å². The van der Waals surface area contributed by atoms with Gasteiger partial charge < -0.3 is 4.74 Å². The van der Waals surface area contributed by atoms with Crippen LogP contribution in [0.2, 0.25) is 0 Å². The standard InChI is InChI=1S/C10H8BrF3O2/c1-5(15)8-6(10(12,13)14)3-4-7(11)9(8)16-2/h3-4H,1-2H3. The number of carbonyl (C=O) groups excluding carboxylic acids is 1. The highest BCUT2D eigenvalue weighted by Crippen LogP contribution is 2.39. The summed E-state index contributed by atoms with van der Waals surface area (Å²) < 4.78 is 43.0. The highest BCUT2D eigenvalue weighted by atomic mass is 79.9. The summed E-state index contributed by atoms with van der Waals surface area (Å²) in [5.41, 5.74) is -1.44. The highest BCUT2D eigenvalue weighted by molar-refractivity contribution is 9.10. The van der Waals surface area contributed by atoms with Crippen LogP contribution in [0, 0.1) is 0 Å². The lowest BCUT2D eigenvalue weighted by Crippen LogP contribution is -2.13. The summed E-state index contributed by atoms with van der Waals surface area (Å²) in [6.07, 6.45) is -4.57. The van der Waals surface area contributed by atoms with Crippen LogP contribution in [0.1, 0.15) is 22.8 Å². The van der Waals surface area contributed by atoms with E-state index in [1.165, 1.54) is 13.2 Å².